The zero-order valence-electron chi connectivity index (χ0n) is 18.6. The Morgan fingerprint density at radius 2 is 1.88 bits per heavy atom. The van der Waals surface area contributed by atoms with Gasteiger partial charge in [-0.3, -0.25) is 4.79 Å². The first-order valence-electron chi connectivity index (χ1n) is 10.8. The topological polar surface area (TPSA) is 70.8 Å². The van der Waals surface area contributed by atoms with Crippen LogP contribution in [0.25, 0.3) is 11.5 Å². The molecule has 0 aliphatic rings. The fourth-order valence-corrected chi connectivity index (χ4v) is 3.26. The van der Waals surface area contributed by atoms with Gasteiger partial charge in [0.2, 0.25) is 5.89 Å². The second kappa shape index (κ2) is 12.1. The van der Waals surface area contributed by atoms with Gasteiger partial charge in [0.25, 0.3) is 5.97 Å². The zero-order chi connectivity index (χ0) is 22.8. The molecule has 2 aromatic carbocycles. The molecular formula is C25H28BNO5. The van der Waals surface area contributed by atoms with Crippen LogP contribution in [0.5, 0.6) is 5.75 Å². The van der Waals surface area contributed by atoms with Gasteiger partial charge < -0.3 is 18.6 Å². The number of carbonyl (C=O) groups is 1. The third kappa shape index (κ3) is 6.99. The van der Waals surface area contributed by atoms with Crippen LogP contribution < -0.4 is 4.74 Å². The molecule has 0 N–H and O–H groups in total. The molecule has 3 aromatic rings. The summed E-state index contributed by atoms with van der Waals surface area (Å²) >= 11 is 0. The van der Waals surface area contributed by atoms with Crippen LogP contribution in [0.3, 0.4) is 0 Å². The van der Waals surface area contributed by atoms with Gasteiger partial charge in [-0.05, 0) is 43.7 Å². The molecule has 0 saturated carbocycles. The predicted molar refractivity (Wildman–Crippen MR) is 123 cm³/mol. The van der Waals surface area contributed by atoms with Crippen LogP contribution in [-0.2, 0) is 27.1 Å². The number of benzene rings is 2. The molecule has 0 fully saturated rings. The molecule has 0 amide bonds. The van der Waals surface area contributed by atoms with Gasteiger partial charge in [0.1, 0.15) is 18.1 Å². The molecular weight excluding hydrogens is 405 g/mol. The minimum Gasteiger partial charge on any atom is -0.493 e. The third-order valence-corrected chi connectivity index (χ3v) is 4.91. The number of aryl methyl sites for hydroxylation is 1. The maximum atomic E-state index is 11.3. The minimum atomic E-state index is -0.434. The smallest absolute Gasteiger partial charge is 0.297 e. The van der Waals surface area contributed by atoms with Crippen LogP contribution in [0, 0.1) is 6.92 Å². The maximum Gasteiger partial charge on any atom is 0.297 e. The number of nitrogens with zero attached hydrogens (tertiary/aromatic N) is 1. The molecule has 2 radical (unpaired) electrons. The largest absolute Gasteiger partial charge is 0.493 e. The molecule has 1 aromatic heterocycles. The highest BCUT2D eigenvalue weighted by Crippen LogP contribution is 2.22. The van der Waals surface area contributed by atoms with Gasteiger partial charge in [0.15, 0.2) is 0 Å². The molecule has 0 aliphatic carbocycles. The average molecular weight is 433 g/mol. The molecule has 1 atom stereocenters. The SMILES string of the molecule is [B]CC(=O)OC[C@H](Cc1ccc(OCCc2nc(-c3ccccc3)oc2C)cc1)OCC. The molecule has 0 unspecified atom stereocenters. The van der Waals surface area contributed by atoms with E-state index < -0.39 is 5.97 Å². The molecule has 0 saturated heterocycles. The fourth-order valence-electron chi connectivity index (χ4n) is 3.26. The van der Waals surface area contributed by atoms with Crippen LogP contribution in [-0.4, -0.2) is 44.7 Å². The molecule has 1 heterocycles. The van der Waals surface area contributed by atoms with Crippen molar-refractivity contribution < 1.29 is 23.4 Å². The monoisotopic (exact) mass is 433 g/mol. The van der Waals surface area contributed by atoms with Gasteiger partial charge in [0, 0.05) is 31.3 Å². The molecule has 0 aliphatic heterocycles. The fraction of sp³-hybridized carbons (Fsp3) is 0.360. The normalized spacial score (nSPS) is 11.8. The Kier molecular flexibility index (Phi) is 8.93. The quantitative estimate of drug-likeness (QED) is 0.313. The Hall–Kier alpha value is -3.06. The van der Waals surface area contributed by atoms with Gasteiger partial charge in [-0.15, -0.1) is 0 Å². The summed E-state index contributed by atoms with van der Waals surface area (Å²) in [7, 11) is 5.28. The van der Waals surface area contributed by atoms with E-state index in [4.69, 9.17) is 26.5 Å². The molecule has 166 valence electrons. The van der Waals surface area contributed by atoms with E-state index in [1.54, 1.807) is 0 Å². The van der Waals surface area contributed by atoms with Crippen molar-refractivity contribution in [1.29, 1.82) is 0 Å². The van der Waals surface area contributed by atoms with Gasteiger partial charge >= 0.3 is 0 Å². The third-order valence-electron chi connectivity index (χ3n) is 4.91. The number of aromatic nitrogens is 1. The highest BCUT2D eigenvalue weighted by atomic mass is 16.6. The van der Waals surface area contributed by atoms with E-state index in [1.165, 1.54) is 0 Å². The molecule has 0 spiro atoms. The van der Waals surface area contributed by atoms with Gasteiger partial charge in [-0.25, -0.2) is 4.98 Å². The predicted octanol–water partition coefficient (Wildman–Crippen LogP) is 4.35. The lowest BCUT2D eigenvalue weighted by atomic mass is 10.1. The summed E-state index contributed by atoms with van der Waals surface area (Å²) in [5.41, 5.74) is 2.92. The summed E-state index contributed by atoms with van der Waals surface area (Å²) in [5, 5.41) is 0. The second-order valence-electron chi connectivity index (χ2n) is 7.30. The molecule has 0 bridgehead atoms. The summed E-state index contributed by atoms with van der Waals surface area (Å²) < 4.78 is 22.5. The first kappa shape index (κ1) is 23.6. The number of hydrogen-bond donors (Lipinski definition) is 0. The number of hydrogen-bond acceptors (Lipinski definition) is 6. The Labute approximate surface area is 190 Å². The van der Waals surface area contributed by atoms with Crippen molar-refractivity contribution in [2.45, 2.75) is 39.1 Å². The number of ether oxygens (including phenoxy) is 3. The summed E-state index contributed by atoms with van der Waals surface area (Å²) in [6, 6.07) is 17.7. The van der Waals surface area contributed by atoms with Gasteiger partial charge in [0.05, 0.1) is 26.3 Å². The molecule has 7 heteroatoms. The van der Waals surface area contributed by atoms with E-state index in [0.29, 0.717) is 31.9 Å². The van der Waals surface area contributed by atoms with Crippen molar-refractivity contribution in [3.8, 4) is 17.2 Å². The van der Waals surface area contributed by atoms with Gasteiger partial charge in [-0.2, -0.15) is 0 Å². The van der Waals surface area contributed by atoms with Crippen LogP contribution in [0.15, 0.2) is 59.0 Å². The van der Waals surface area contributed by atoms with Crippen LogP contribution in [0.2, 0.25) is 6.32 Å². The highest BCUT2D eigenvalue weighted by Gasteiger charge is 2.13. The van der Waals surface area contributed by atoms with E-state index in [2.05, 4.69) is 4.98 Å². The summed E-state index contributed by atoms with van der Waals surface area (Å²) in [6.07, 6.45) is 0.942. The van der Waals surface area contributed by atoms with E-state index in [9.17, 15) is 4.79 Å². The average Bonchev–Trinajstić information content (AvgIpc) is 3.19. The number of oxazole rings is 1. The van der Waals surface area contributed by atoms with Gasteiger partial charge in [-0.1, -0.05) is 30.3 Å². The lowest BCUT2D eigenvalue weighted by Crippen LogP contribution is -2.24. The lowest BCUT2D eigenvalue weighted by Gasteiger charge is -2.17. The van der Waals surface area contributed by atoms with Crippen molar-refractivity contribution in [1.82, 2.24) is 4.98 Å². The first-order chi connectivity index (χ1) is 15.6. The number of esters is 1. The van der Waals surface area contributed by atoms with Crippen molar-refractivity contribution >= 4 is 13.8 Å². The van der Waals surface area contributed by atoms with Crippen LogP contribution in [0.4, 0.5) is 0 Å². The second-order valence-corrected chi connectivity index (χ2v) is 7.30. The summed E-state index contributed by atoms with van der Waals surface area (Å²) in [6.45, 7) is 5.05. The Morgan fingerprint density at radius 1 is 1.12 bits per heavy atom. The van der Waals surface area contributed by atoms with Crippen molar-refractivity contribution in [3.63, 3.8) is 0 Å². The van der Waals surface area contributed by atoms with Crippen LogP contribution >= 0.6 is 0 Å². The van der Waals surface area contributed by atoms with Crippen molar-refractivity contribution in [3.05, 3.63) is 71.6 Å². The van der Waals surface area contributed by atoms with Crippen LogP contribution in [0.1, 0.15) is 23.9 Å². The lowest BCUT2D eigenvalue weighted by molar-refractivity contribution is -0.145. The van der Waals surface area contributed by atoms with Crippen molar-refractivity contribution in [2.24, 2.45) is 0 Å². The Bertz CT molecular complexity index is 972. The van der Waals surface area contributed by atoms with E-state index >= 15 is 0 Å². The number of carbonyl (C=O) groups excluding carboxylic acids is 1. The molecule has 32 heavy (non-hydrogen) atoms. The molecule has 3 rings (SSSR count). The first-order valence-corrected chi connectivity index (χ1v) is 10.8. The summed E-state index contributed by atoms with van der Waals surface area (Å²) in [5.74, 6) is 1.78. The summed E-state index contributed by atoms with van der Waals surface area (Å²) in [4.78, 5) is 15.9. The molecule has 6 nitrogen and oxygen atoms in total. The highest BCUT2D eigenvalue weighted by molar-refractivity contribution is 6.18. The minimum absolute atomic E-state index is 0.133. The Morgan fingerprint density at radius 3 is 2.56 bits per heavy atom. The van der Waals surface area contributed by atoms with Crippen molar-refractivity contribution in [2.75, 3.05) is 19.8 Å². The standard InChI is InChI=1S/C25H28BNO5/c1-3-29-22(17-31-24(28)16-26)15-19-9-11-21(12-10-19)30-14-13-23-18(2)32-25(27-23)20-7-5-4-6-8-20/h4-12,22H,3,13-17H2,1-2H3/t22-/m0/s1. The zero-order valence-corrected chi connectivity index (χ0v) is 18.6. The van der Waals surface area contributed by atoms with E-state index in [1.807, 2.05) is 68.4 Å². The number of rotatable bonds is 12. The Balaban J connectivity index is 1.49. The maximum absolute atomic E-state index is 11.3. The van der Waals surface area contributed by atoms with E-state index in [-0.39, 0.29) is 19.0 Å². The van der Waals surface area contributed by atoms with E-state index in [0.717, 1.165) is 28.3 Å².